The van der Waals surface area contributed by atoms with E-state index in [-0.39, 0.29) is 29.8 Å². The highest BCUT2D eigenvalue weighted by atomic mass is 127. The van der Waals surface area contributed by atoms with Crippen LogP contribution in [0.25, 0.3) is 0 Å². The Hall–Kier alpha value is -1.71. The molecule has 24 heavy (non-hydrogen) atoms. The van der Waals surface area contributed by atoms with Crippen LogP contribution in [0.2, 0.25) is 0 Å². The van der Waals surface area contributed by atoms with Crippen LogP contribution < -0.4 is 10.6 Å². The van der Waals surface area contributed by atoms with Crippen LogP contribution in [0.1, 0.15) is 30.6 Å². The number of aryl methyl sites for hydroxylation is 1. The van der Waals surface area contributed by atoms with E-state index in [1.54, 1.807) is 12.1 Å². The van der Waals surface area contributed by atoms with Crippen molar-refractivity contribution in [1.29, 1.82) is 0 Å². The molecule has 8 heteroatoms. The number of halogens is 2. The zero-order chi connectivity index (χ0) is 16.1. The van der Waals surface area contributed by atoms with Crippen LogP contribution in [0.15, 0.2) is 29.3 Å². The van der Waals surface area contributed by atoms with Crippen molar-refractivity contribution in [1.82, 2.24) is 25.4 Å². The summed E-state index contributed by atoms with van der Waals surface area (Å²) in [7, 11) is 0. The Morgan fingerprint density at radius 2 is 2.04 bits per heavy atom. The second-order valence-electron chi connectivity index (χ2n) is 5.46. The minimum atomic E-state index is -0.233. The number of aliphatic imine (C=N–C) groups is 1. The molecule has 1 aliphatic heterocycles. The SMILES string of the molecule is CCNC(=NCc1ccc(F)cc1)NCc1nnc2n1CCC2.I. The molecule has 6 nitrogen and oxygen atoms in total. The average Bonchev–Trinajstić information content (AvgIpc) is 3.15. The highest BCUT2D eigenvalue weighted by Gasteiger charge is 2.16. The number of aromatic nitrogens is 3. The Balaban J connectivity index is 0.00000208. The van der Waals surface area contributed by atoms with Crippen LogP contribution in [0, 0.1) is 5.82 Å². The lowest BCUT2D eigenvalue weighted by molar-refractivity contribution is 0.627. The van der Waals surface area contributed by atoms with E-state index in [0.29, 0.717) is 19.0 Å². The first-order valence-electron chi connectivity index (χ1n) is 7.94. The molecule has 130 valence electrons. The topological polar surface area (TPSA) is 67.1 Å². The molecule has 0 saturated carbocycles. The van der Waals surface area contributed by atoms with Crippen LogP contribution in [0.3, 0.4) is 0 Å². The van der Waals surface area contributed by atoms with E-state index in [1.165, 1.54) is 12.1 Å². The highest BCUT2D eigenvalue weighted by Crippen LogP contribution is 2.13. The maximum absolute atomic E-state index is 12.9. The number of rotatable bonds is 5. The van der Waals surface area contributed by atoms with Crippen LogP contribution in [0.5, 0.6) is 0 Å². The van der Waals surface area contributed by atoms with Crippen LogP contribution >= 0.6 is 24.0 Å². The van der Waals surface area contributed by atoms with Gasteiger partial charge in [0.25, 0.3) is 0 Å². The maximum Gasteiger partial charge on any atom is 0.191 e. The van der Waals surface area contributed by atoms with Crippen molar-refractivity contribution in [3.05, 3.63) is 47.3 Å². The van der Waals surface area contributed by atoms with Gasteiger partial charge in [0.2, 0.25) is 0 Å². The summed E-state index contributed by atoms with van der Waals surface area (Å²) in [6.07, 6.45) is 2.14. The van der Waals surface area contributed by atoms with Crippen LogP contribution in [0.4, 0.5) is 4.39 Å². The number of hydrogen-bond acceptors (Lipinski definition) is 3. The molecule has 1 aromatic carbocycles. The third-order valence-electron chi connectivity index (χ3n) is 3.78. The molecular weight excluding hydrogens is 422 g/mol. The van der Waals surface area contributed by atoms with E-state index < -0.39 is 0 Å². The molecule has 0 unspecified atom stereocenters. The molecule has 3 rings (SSSR count). The van der Waals surface area contributed by atoms with Gasteiger partial charge in [-0.05, 0) is 31.0 Å². The fourth-order valence-electron chi connectivity index (χ4n) is 2.61. The minimum absolute atomic E-state index is 0. The molecule has 1 aliphatic rings. The predicted molar refractivity (Wildman–Crippen MR) is 102 cm³/mol. The molecule has 0 amide bonds. The van der Waals surface area contributed by atoms with Crippen molar-refractivity contribution < 1.29 is 4.39 Å². The van der Waals surface area contributed by atoms with Crippen molar-refractivity contribution in [2.45, 2.75) is 39.4 Å². The fourth-order valence-corrected chi connectivity index (χ4v) is 2.61. The van der Waals surface area contributed by atoms with Gasteiger partial charge in [-0.3, -0.25) is 0 Å². The second-order valence-corrected chi connectivity index (χ2v) is 5.46. The molecule has 2 aromatic rings. The first-order valence-corrected chi connectivity index (χ1v) is 7.94. The summed E-state index contributed by atoms with van der Waals surface area (Å²) in [6.45, 7) is 4.86. The Bertz CT molecular complexity index is 682. The maximum atomic E-state index is 12.9. The normalized spacial score (nSPS) is 13.3. The molecule has 2 heterocycles. The predicted octanol–water partition coefficient (Wildman–Crippen LogP) is 2.24. The zero-order valence-corrected chi connectivity index (χ0v) is 16.0. The van der Waals surface area contributed by atoms with E-state index in [4.69, 9.17) is 0 Å². The Labute approximate surface area is 158 Å². The van der Waals surface area contributed by atoms with Crippen molar-refractivity contribution in [3.8, 4) is 0 Å². The second kappa shape index (κ2) is 8.95. The molecule has 0 aliphatic carbocycles. The number of nitrogens with one attached hydrogen (secondary N) is 2. The summed E-state index contributed by atoms with van der Waals surface area (Å²) >= 11 is 0. The van der Waals surface area contributed by atoms with Gasteiger partial charge in [0.1, 0.15) is 11.6 Å². The third-order valence-corrected chi connectivity index (χ3v) is 3.78. The zero-order valence-electron chi connectivity index (χ0n) is 13.6. The average molecular weight is 444 g/mol. The van der Waals surface area contributed by atoms with Gasteiger partial charge in [0.15, 0.2) is 11.8 Å². The number of fused-ring (bicyclic) bond motifs is 1. The lowest BCUT2D eigenvalue weighted by Gasteiger charge is -2.11. The molecule has 0 spiro atoms. The molecular formula is C16H22FIN6. The summed E-state index contributed by atoms with van der Waals surface area (Å²) in [5, 5.41) is 14.9. The number of guanidine groups is 1. The Kier molecular flexibility index (Phi) is 6.95. The summed E-state index contributed by atoms with van der Waals surface area (Å²) in [6, 6.07) is 6.39. The number of benzene rings is 1. The van der Waals surface area contributed by atoms with Crippen molar-refractivity contribution in [3.63, 3.8) is 0 Å². The molecule has 0 fully saturated rings. The lowest BCUT2D eigenvalue weighted by atomic mass is 10.2. The Morgan fingerprint density at radius 1 is 1.25 bits per heavy atom. The molecule has 0 saturated heterocycles. The molecule has 0 atom stereocenters. The van der Waals surface area contributed by atoms with E-state index >= 15 is 0 Å². The van der Waals surface area contributed by atoms with E-state index in [2.05, 4.69) is 30.4 Å². The van der Waals surface area contributed by atoms with Crippen LogP contribution in [-0.4, -0.2) is 27.3 Å². The van der Waals surface area contributed by atoms with E-state index in [1.807, 2.05) is 6.92 Å². The quantitative estimate of drug-likeness (QED) is 0.422. The van der Waals surface area contributed by atoms with Gasteiger partial charge in [-0.25, -0.2) is 9.38 Å². The minimum Gasteiger partial charge on any atom is -0.357 e. The Morgan fingerprint density at radius 3 is 2.79 bits per heavy atom. The van der Waals surface area contributed by atoms with E-state index in [9.17, 15) is 4.39 Å². The molecule has 0 bridgehead atoms. The molecule has 0 radical (unpaired) electrons. The fraction of sp³-hybridized carbons (Fsp3) is 0.438. The smallest absolute Gasteiger partial charge is 0.191 e. The summed E-state index contributed by atoms with van der Waals surface area (Å²) in [5.41, 5.74) is 0.965. The van der Waals surface area contributed by atoms with Gasteiger partial charge in [-0.2, -0.15) is 0 Å². The van der Waals surface area contributed by atoms with Gasteiger partial charge in [-0.15, -0.1) is 34.2 Å². The number of hydrogen-bond donors (Lipinski definition) is 2. The van der Waals surface area contributed by atoms with Gasteiger partial charge in [-0.1, -0.05) is 12.1 Å². The first kappa shape index (κ1) is 18.6. The van der Waals surface area contributed by atoms with Gasteiger partial charge < -0.3 is 15.2 Å². The monoisotopic (exact) mass is 444 g/mol. The van der Waals surface area contributed by atoms with Gasteiger partial charge >= 0.3 is 0 Å². The van der Waals surface area contributed by atoms with Crippen molar-refractivity contribution in [2.75, 3.05) is 6.54 Å². The third kappa shape index (κ3) is 4.65. The molecule has 1 aromatic heterocycles. The summed E-state index contributed by atoms with van der Waals surface area (Å²) in [5.74, 6) is 2.48. The standard InChI is InChI=1S/C16H21FN6.HI/c1-2-18-16(19-10-12-5-7-13(17)8-6-12)20-11-15-22-21-14-4-3-9-23(14)15;/h5-8H,2-4,9-11H2,1H3,(H2,18,19,20);1H. The lowest BCUT2D eigenvalue weighted by Crippen LogP contribution is -2.37. The number of nitrogens with zero attached hydrogens (tertiary/aromatic N) is 4. The summed E-state index contributed by atoms with van der Waals surface area (Å²) in [4.78, 5) is 4.52. The van der Waals surface area contributed by atoms with Gasteiger partial charge in [0.05, 0.1) is 13.1 Å². The first-order chi connectivity index (χ1) is 11.3. The van der Waals surface area contributed by atoms with Crippen LogP contribution in [-0.2, 0) is 26.1 Å². The van der Waals surface area contributed by atoms with E-state index in [0.717, 1.165) is 43.1 Å². The van der Waals surface area contributed by atoms with Crippen molar-refractivity contribution >= 4 is 29.9 Å². The van der Waals surface area contributed by atoms with Gasteiger partial charge in [0, 0.05) is 19.5 Å². The summed E-state index contributed by atoms with van der Waals surface area (Å²) < 4.78 is 15.1. The largest absolute Gasteiger partial charge is 0.357 e. The highest BCUT2D eigenvalue weighted by molar-refractivity contribution is 14.0. The molecule has 2 N–H and O–H groups in total. The van der Waals surface area contributed by atoms with Crippen molar-refractivity contribution in [2.24, 2.45) is 4.99 Å².